The summed E-state index contributed by atoms with van der Waals surface area (Å²) in [5, 5.41) is 12.7. The Hall–Kier alpha value is -4.71. The lowest BCUT2D eigenvalue weighted by molar-refractivity contribution is -0.134. The van der Waals surface area contributed by atoms with Crippen molar-refractivity contribution in [2.45, 2.75) is 49.9 Å². The summed E-state index contributed by atoms with van der Waals surface area (Å²) in [5.41, 5.74) is 27.9. The Kier molecular flexibility index (Phi) is 14.4. The number of hydrogen-bond donors (Lipinski definition) is 9. The van der Waals surface area contributed by atoms with Crippen LogP contribution in [0, 0.1) is 0 Å². The van der Waals surface area contributed by atoms with Crippen LogP contribution < -0.4 is 49.9 Å². The lowest BCUT2D eigenvalue weighted by Gasteiger charge is -2.27. The first-order valence-corrected chi connectivity index (χ1v) is 17.2. The summed E-state index contributed by atoms with van der Waals surface area (Å²) >= 11 is 0. The highest BCUT2D eigenvalue weighted by atomic mass is 33.1. The summed E-state index contributed by atoms with van der Waals surface area (Å²) in [6.45, 7) is 0.194. The molecule has 3 rings (SSSR count). The number of guanidine groups is 2. The van der Waals surface area contributed by atoms with Crippen molar-refractivity contribution in [3.63, 3.8) is 0 Å². The van der Waals surface area contributed by atoms with Crippen LogP contribution in [0.2, 0.25) is 0 Å². The average Bonchev–Trinajstić information content (AvgIpc) is 3.01. The van der Waals surface area contributed by atoms with Crippen LogP contribution in [0.4, 0.5) is 0 Å². The highest BCUT2D eigenvalue weighted by Gasteiger charge is 2.32. The number of amides is 5. The maximum atomic E-state index is 13.7. The molecular formula is C29H41N11O5S2. The lowest BCUT2D eigenvalue weighted by Crippen LogP contribution is -2.59. The Balaban J connectivity index is 1.90. The molecular weight excluding hydrogens is 647 g/mol. The van der Waals surface area contributed by atoms with E-state index in [1.54, 1.807) is 0 Å². The molecule has 1 aliphatic rings. The second-order valence-corrected chi connectivity index (χ2v) is 13.2. The zero-order valence-corrected chi connectivity index (χ0v) is 27.3. The normalized spacial score (nSPS) is 20.9. The summed E-state index contributed by atoms with van der Waals surface area (Å²) in [6, 6.07) is 8.97. The number of nitrogens with zero attached hydrogens (tertiary/aromatic N) is 2. The molecule has 0 saturated carbocycles. The van der Waals surface area contributed by atoms with Crippen LogP contribution in [-0.2, 0) is 30.4 Å². The maximum Gasteiger partial charge on any atom is 0.244 e. The predicted molar refractivity (Wildman–Crippen MR) is 185 cm³/mol. The molecule has 16 nitrogen and oxygen atoms in total. The van der Waals surface area contributed by atoms with Gasteiger partial charge in [-0.3, -0.25) is 34.0 Å². The molecule has 47 heavy (non-hydrogen) atoms. The van der Waals surface area contributed by atoms with E-state index in [4.69, 9.17) is 28.7 Å². The average molecular weight is 688 g/mol. The molecule has 0 aliphatic carbocycles. The summed E-state index contributed by atoms with van der Waals surface area (Å²) in [6.07, 6.45) is 0.407. The van der Waals surface area contributed by atoms with Gasteiger partial charge in [-0.05, 0) is 29.2 Å². The van der Waals surface area contributed by atoms with Crippen molar-refractivity contribution in [2.75, 3.05) is 24.6 Å². The predicted octanol–water partition coefficient (Wildman–Crippen LogP) is -2.08. The van der Waals surface area contributed by atoms with Gasteiger partial charge >= 0.3 is 0 Å². The van der Waals surface area contributed by atoms with E-state index in [9.17, 15) is 24.0 Å². The first kappa shape index (κ1) is 36.8. The number of rotatable bonds is 11. The van der Waals surface area contributed by atoms with Crippen molar-refractivity contribution in [1.82, 2.24) is 21.3 Å². The molecule has 1 aliphatic heterocycles. The zero-order valence-electron chi connectivity index (χ0n) is 25.6. The van der Waals surface area contributed by atoms with E-state index in [0.29, 0.717) is 6.42 Å². The van der Waals surface area contributed by atoms with Gasteiger partial charge < -0.3 is 49.9 Å². The Morgan fingerprint density at radius 2 is 1.43 bits per heavy atom. The molecule has 1 heterocycles. The third-order valence-corrected chi connectivity index (χ3v) is 9.38. The second kappa shape index (κ2) is 18.4. The van der Waals surface area contributed by atoms with E-state index in [2.05, 4.69) is 31.3 Å². The molecule has 2 aromatic rings. The van der Waals surface area contributed by atoms with Crippen molar-refractivity contribution in [3.8, 4) is 0 Å². The van der Waals surface area contributed by atoms with E-state index in [1.165, 1.54) is 21.6 Å². The number of benzene rings is 2. The smallest absolute Gasteiger partial charge is 0.244 e. The monoisotopic (exact) mass is 687 g/mol. The number of hydrogen-bond acceptors (Lipinski definition) is 9. The topological polar surface area (TPSA) is 288 Å². The van der Waals surface area contributed by atoms with Crippen LogP contribution in [-0.4, -0.2) is 90.2 Å². The van der Waals surface area contributed by atoms with Crippen molar-refractivity contribution in [1.29, 1.82) is 0 Å². The highest BCUT2D eigenvalue weighted by Crippen LogP contribution is 2.24. The number of primary amides is 1. The number of nitrogens with one attached hydrogen (secondary N) is 4. The third kappa shape index (κ3) is 12.5. The Morgan fingerprint density at radius 3 is 2.13 bits per heavy atom. The van der Waals surface area contributed by atoms with Crippen molar-refractivity contribution in [2.24, 2.45) is 38.7 Å². The summed E-state index contributed by atoms with van der Waals surface area (Å²) in [7, 11) is 2.37. The first-order valence-electron chi connectivity index (χ1n) is 14.8. The standard InChI is InChI=1S/C29H41N11O5S2/c30-24(42)21-14-46-47-15-22(37-23(41)9-11-36-29(33)34)27(45)38-19(6-3-10-35-28(31)32)25(43)39-20(26(44)40-21)13-16-7-8-17-4-1-2-5-18(17)12-16/h1-2,4-5,7-8,12,19-22H,3,6,9-11,13-15H2,(H2,30,42)(H,37,41)(H,38,45)(H,39,43)(H,40,44)(H4,31,32,35)(H4,33,34,36)/t19-,20-,21+,22-/m0/s1. The van der Waals surface area contributed by atoms with E-state index in [0.717, 1.165) is 16.3 Å². The lowest BCUT2D eigenvalue weighted by atomic mass is 10.00. The highest BCUT2D eigenvalue weighted by molar-refractivity contribution is 8.76. The minimum absolute atomic E-state index is 0.0127. The molecule has 1 saturated heterocycles. The van der Waals surface area contributed by atoms with Crippen LogP contribution in [0.3, 0.4) is 0 Å². The maximum absolute atomic E-state index is 13.7. The van der Waals surface area contributed by atoms with E-state index >= 15 is 0 Å². The van der Waals surface area contributed by atoms with Crippen molar-refractivity contribution >= 4 is 73.8 Å². The van der Waals surface area contributed by atoms with Gasteiger partial charge in [-0.2, -0.15) is 0 Å². The fraction of sp³-hybridized carbons (Fsp3) is 0.414. The Morgan fingerprint density at radius 1 is 0.787 bits per heavy atom. The fourth-order valence-corrected chi connectivity index (χ4v) is 6.90. The minimum atomic E-state index is -1.13. The van der Waals surface area contributed by atoms with Gasteiger partial charge in [0.05, 0.1) is 6.54 Å². The number of carbonyl (C=O) groups is 5. The third-order valence-electron chi connectivity index (χ3n) is 6.96. The Labute approximate surface area is 279 Å². The fourth-order valence-electron chi connectivity index (χ4n) is 4.56. The second-order valence-electron chi connectivity index (χ2n) is 10.7. The number of fused-ring (bicyclic) bond motifs is 1. The van der Waals surface area contributed by atoms with Crippen LogP contribution in [0.5, 0.6) is 0 Å². The van der Waals surface area contributed by atoms with E-state index in [1.807, 2.05) is 42.5 Å². The van der Waals surface area contributed by atoms with Crippen LogP contribution in [0.1, 0.15) is 24.8 Å². The molecule has 4 atom stereocenters. The van der Waals surface area contributed by atoms with Gasteiger partial charge in [0.25, 0.3) is 0 Å². The van der Waals surface area contributed by atoms with Gasteiger partial charge in [0.2, 0.25) is 29.5 Å². The molecule has 0 radical (unpaired) electrons. The SMILES string of the molecule is NC(=O)[C@H]1CSSC[C@H](NC(=O)CCN=C(N)N)C(=O)N[C@@H](CCCN=C(N)N)C(=O)N[C@@H](Cc2ccc3ccccc3c2)C(=O)N1. The van der Waals surface area contributed by atoms with Crippen LogP contribution in [0.25, 0.3) is 10.8 Å². The largest absolute Gasteiger partial charge is 0.370 e. The van der Waals surface area contributed by atoms with E-state index in [-0.39, 0.29) is 55.8 Å². The Bertz CT molecular complexity index is 1500. The van der Waals surface area contributed by atoms with Crippen LogP contribution in [0.15, 0.2) is 52.4 Å². The molecule has 18 heteroatoms. The van der Waals surface area contributed by atoms with Crippen molar-refractivity contribution in [3.05, 3.63) is 48.0 Å². The van der Waals surface area contributed by atoms with Crippen LogP contribution >= 0.6 is 21.6 Å². The zero-order chi connectivity index (χ0) is 34.3. The number of carbonyl (C=O) groups excluding carboxylic acids is 5. The van der Waals surface area contributed by atoms with Gasteiger partial charge in [0.1, 0.15) is 24.2 Å². The summed E-state index contributed by atoms with van der Waals surface area (Å²) in [5.74, 6) is -3.33. The van der Waals surface area contributed by atoms with E-state index < -0.39 is 53.7 Å². The molecule has 0 unspecified atom stereocenters. The van der Waals surface area contributed by atoms with Gasteiger partial charge in [-0.25, -0.2) is 0 Å². The number of aliphatic imine (C=N–C) groups is 2. The first-order chi connectivity index (χ1) is 22.4. The molecule has 14 N–H and O–H groups in total. The molecule has 0 spiro atoms. The molecule has 1 fully saturated rings. The summed E-state index contributed by atoms with van der Waals surface area (Å²) < 4.78 is 0. The van der Waals surface area contributed by atoms with Gasteiger partial charge in [0, 0.05) is 30.9 Å². The molecule has 5 amide bonds. The van der Waals surface area contributed by atoms with Gasteiger partial charge in [0.15, 0.2) is 11.9 Å². The number of nitrogens with two attached hydrogens (primary N) is 5. The van der Waals surface area contributed by atoms with Gasteiger partial charge in [-0.1, -0.05) is 64.1 Å². The minimum Gasteiger partial charge on any atom is -0.370 e. The molecule has 0 bridgehead atoms. The molecule has 0 aromatic heterocycles. The van der Waals surface area contributed by atoms with Gasteiger partial charge in [-0.15, -0.1) is 0 Å². The molecule has 2 aromatic carbocycles. The quantitative estimate of drug-likeness (QED) is 0.0535. The molecule has 254 valence electrons. The van der Waals surface area contributed by atoms with Crippen molar-refractivity contribution < 1.29 is 24.0 Å². The summed E-state index contributed by atoms with van der Waals surface area (Å²) in [4.78, 5) is 73.5.